The summed E-state index contributed by atoms with van der Waals surface area (Å²) in [6, 6.07) is 14.0. The van der Waals surface area contributed by atoms with Crippen LogP contribution in [0.4, 0.5) is 0 Å². The van der Waals surface area contributed by atoms with Crippen molar-refractivity contribution in [3.63, 3.8) is 0 Å². The van der Waals surface area contributed by atoms with E-state index >= 15 is 0 Å². The summed E-state index contributed by atoms with van der Waals surface area (Å²) in [5.41, 5.74) is 8.67. The van der Waals surface area contributed by atoms with Gasteiger partial charge in [-0.3, -0.25) is 9.59 Å². The number of primary amides is 1. The second-order valence-corrected chi connectivity index (χ2v) is 7.70. The van der Waals surface area contributed by atoms with Gasteiger partial charge in [0.2, 0.25) is 5.91 Å². The molecule has 2 N–H and O–H groups in total. The van der Waals surface area contributed by atoms with Crippen LogP contribution in [0.15, 0.2) is 48.5 Å². The molecule has 0 saturated carbocycles. The number of carbonyl (C=O) groups excluding carboxylic acids is 2. The predicted molar refractivity (Wildman–Crippen MR) is 121 cm³/mol. The number of hydrogen-bond donors (Lipinski definition) is 1. The van der Waals surface area contributed by atoms with Crippen molar-refractivity contribution in [2.45, 2.75) is 38.6 Å². The number of methoxy groups -OCH3 is 1. The summed E-state index contributed by atoms with van der Waals surface area (Å²) in [5, 5.41) is 0. The molecule has 0 fully saturated rings. The Balaban J connectivity index is 1.71. The highest BCUT2D eigenvalue weighted by atomic mass is 16.5. The molecule has 0 heterocycles. The largest absolute Gasteiger partial charge is 0.493 e. The minimum absolute atomic E-state index is 0.0132. The Labute approximate surface area is 183 Å². The normalized spacial score (nSPS) is 15.4. The maximum absolute atomic E-state index is 13.0. The summed E-state index contributed by atoms with van der Waals surface area (Å²) in [6.07, 6.45) is 7.20. The Hall–Kier alpha value is -3.28. The number of ether oxygens (including phenoxy) is 2. The predicted octanol–water partition coefficient (Wildman–Crippen LogP) is 3.37. The van der Waals surface area contributed by atoms with Gasteiger partial charge in [0.1, 0.15) is 0 Å². The third-order valence-electron chi connectivity index (χ3n) is 5.49. The van der Waals surface area contributed by atoms with Crippen molar-refractivity contribution in [2.75, 3.05) is 20.3 Å². The van der Waals surface area contributed by atoms with Crippen LogP contribution in [0.5, 0.6) is 11.5 Å². The number of fused-ring (bicyclic) bond motifs is 1. The van der Waals surface area contributed by atoms with Crippen molar-refractivity contribution in [1.29, 1.82) is 0 Å². The van der Waals surface area contributed by atoms with Crippen LogP contribution in [0.2, 0.25) is 0 Å². The summed E-state index contributed by atoms with van der Waals surface area (Å²) in [5.74, 6) is 0.362. The molecule has 0 saturated heterocycles. The lowest BCUT2D eigenvalue weighted by atomic mass is 9.87. The van der Waals surface area contributed by atoms with Gasteiger partial charge < -0.3 is 20.1 Å². The molecular formula is C25H30N2O4. The van der Waals surface area contributed by atoms with Crippen LogP contribution in [0.1, 0.15) is 36.5 Å². The van der Waals surface area contributed by atoms with Crippen LogP contribution in [0.25, 0.3) is 6.08 Å². The number of rotatable bonds is 9. The topological polar surface area (TPSA) is 81.9 Å². The van der Waals surface area contributed by atoms with Gasteiger partial charge in [0.05, 0.1) is 7.11 Å². The molecule has 6 nitrogen and oxygen atoms in total. The molecule has 2 aromatic carbocycles. The van der Waals surface area contributed by atoms with Gasteiger partial charge >= 0.3 is 0 Å². The molecule has 0 bridgehead atoms. The van der Waals surface area contributed by atoms with E-state index in [0.717, 1.165) is 37.8 Å². The van der Waals surface area contributed by atoms with E-state index in [2.05, 4.69) is 31.2 Å². The van der Waals surface area contributed by atoms with E-state index in [9.17, 15) is 9.59 Å². The van der Waals surface area contributed by atoms with E-state index in [1.54, 1.807) is 24.3 Å². The SMILES string of the molecule is CCCN(C(=O)/C=C/c1ccc(OCC(N)=O)c(OC)c1)C1CCc2ccccc2C1. The molecule has 1 aliphatic rings. The van der Waals surface area contributed by atoms with Crippen molar-refractivity contribution in [1.82, 2.24) is 4.90 Å². The summed E-state index contributed by atoms with van der Waals surface area (Å²) < 4.78 is 10.7. The van der Waals surface area contributed by atoms with Crippen LogP contribution >= 0.6 is 0 Å². The number of nitrogens with zero attached hydrogens (tertiary/aromatic N) is 1. The fourth-order valence-electron chi connectivity index (χ4n) is 3.98. The number of carbonyl (C=O) groups is 2. The first-order chi connectivity index (χ1) is 15.0. The molecule has 31 heavy (non-hydrogen) atoms. The average Bonchev–Trinajstić information content (AvgIpc) is 2.79. The van der Waals surface area contributed by atoms with Crippen LogP contribution in [0.3, 0.4) is 0 Å². The summed E-state index contributed by atoms with van der Waals surface area (Å²) >= 11 is 0. The zero-order valence-electron chi connectivity index (χ0n) is 18.2. The molecule has 2 amide bonds. The first-order valence-corrected chi connectivity index (χ1v) is 10.7. The molecule has 1 unspecified atom stereocenters. The van der Waals surface area contributed by atoms with Gasteiger partial charge in [0.15, 0.2) is 18.1 Å². The second-order valence-electron chi connectivity index (χ2n) is 7.70. The van der Waals surface area contributed by atoms with Crippen molar-refractivity contribution in [3.05, 3.63) is 65.2 Å². The highest BCUT2D eigenvalue weighted by molar-refractivity contribution is 5.92. The molecule has 0 radical (unpaired) electrons. The smallest absolute Gasteiger partial charge is 0.255 e. The maximum Gasteiger partial charge on any atom is 0.255 e. The fraction of sp³-hybridized carbons (Fsp3) is 0.360. The second kappa shape index (κ2) is 10.7. The molecule has 164 valence electrons. The molecule has 0 aromatic heterocycles. The Morgan fingerprint density at radius 1 is 1.16 bits per heavy atom. The number of amides is 2. The third kappa shape index (κ3) is 5.87. The molecule has 1 atom stereocenters. The lowest BCUT2D eigenvalue weighted by Crippen LogP contribution is -2.43. The van der Waals surface area contributed by atoms with Crippen LogP contribution in [-0.4, -0.2) is 43.0 Å². The zero-order chi connectivity index (χ0) is 22.2. The Kier molecular flexibility index (Phi) is 7.70. The minimum atomic E-state index is -0.557. The van der Waals surface area contributed by atoms with Crippen LogP contribution < -0.4 is 15.2 Å². The Morgan fingerprint density at radius 3 is 2.65 bits per heavy atom. The number of aryl methyl sites for hydroxylation is 1. The number of benzene rings is 2. The molecule has 0 aliphatic heterocycles. The molecule has 0 spiro atoms. The fourth-order valence-corrected chi connectivity index (χ4v) is 3.98. The monoisotopic (exact) mass is 422 g/mol. The lowest BCUT2D eigenvalue weighted by molar-refractivity contribution is -0.128. The molecule has 6 heteroatoms. The van der Waals surface area contributed by atoms with Crippen LogP contribution in [-0.2, 0) is 22.4 Å². The maximum atomic E-state index is 13.0. The minimum Gasteiger partial charge on any atom is -0.493 e. The highest BCUT2D eigenvalue weighted by Crippen LogP contribution is 2.29. The molecule has 2 aromatic rings. The molecule has 1 aliphatic carbocycles. The molecular weight excluding hydrogens is 392 g/mol. The van der Waals surface area contributed by atoms with Crippen molar-refractivity contribution in [3.8, 4) is 11.5 Å². The van der Waals surface area contributed by atoms with Crippen molar-refractivity contribution < 1.29 is 19.1 Å². The van der Waals surface area contributed by atoms with Crippen LogP contribution in [0, 0.1) is 0 Å². The van der Waals surface area contributed by atoms with Gasteiger partial charge in [-0.25, -0.2) is 0 Å². The number of nitrogens with two attached hydrogens (primary N) is 1. The lowest BCUT2D eigenvalue weighted by Gasteiger charge is -2.34. The third-order valence-corrected chi connectivity index (χ3v) is 5.49. The van der Waals surface area contributed by atoms with E-state index in [1.807, 2.05) is 11.0 Å². The van der Waals surface area contributed by atoms with Gasteiger partial charge in [0.25, 0.3) is 5.91 Å². The van der Waals surface area contributed by atoms with E-state index < -0.39 is 5.91 Å². The Morgan fingerprint density at radius 2 is 1.94 bits per heavy atom. The van der Waals surface area contributed by atoms with E-state index in [-0.39, 0.29) is 18.6 Å². The summed E-state index contributed by atoms with van der Waals surface area (Å²) in [4.78, 5) is 26.0. The first-order valence-electron chi connectivity index (χ1n) is 10.7. The molecule has 3 rings (SSSR count). The van der Waals surface area contributed by atoms with E-state index in [1.165, 1.54) is 18.2 Å². The number of hydrogen-bond acceptors (Lipinski definition) is 4. The highest BCUT2D eigenvalue weighted by Gasteiger charge is 2.26. The van der Waals surface area contributed by atoms with Gasteiger partial charge in [-0.15, -0.1) is 0 Å². The zero-order valence-corrected chi connectivity index (χ0v) is 18.2. The standard InChI is InChI=1S/C25H30N2O4/c1-3-14-27(21-11-10-19-6-4-5-7-20(19)16-21)25(29)13-9-18-8-12-22(23(15-18)30-2)31-17-24(26)28/h4-9,12-13,15,21H,3,10-11,14,16-17H2,1-2H3,(H2,26,28)/b13-9+. The van der Waals surface area contributed by atoms with Crippen molar-refractivity contribution >= 4 is 17.9 Å². The van der Waals surface area contributed by atoms with Gasteiger partial charge in [-0.1, -0.05) is 37.3 Å². The van der Waals surface area contributed by atoms with Gasteiger partial charge in [0, 0.05) is 18.7 Å². The van der Waals surface area contributed by atoms with Crippen molar-refractivity contribution in [2.24, 2.45) is 5.73 Å². The summed E-state index contributed by atoms with van der Waals surface area (Å²) in [7, 11) is 1.52. The summed E-state index contributed by atoms with van der Waals surface area (Å²) in [6.45, 7) is 2.61. The van der Waals surface area contributed by atoms with Gasteiger partial charge in [-0.05, 0) is 60.6 Å². The average molecular weight is 423 g/mol. The Bertz CT molecular complexity index is 954. The quantitative estimate of drug-likeness (QED) is 0.628. The van der Waals surface area contributed by atoms with Gasteiger partial charge in [-0.2, -0.15) is 0 Å². The van der Waals surface area contributed by atoms with E-state index in [0.29, 0.717) is 11.5 Å². The van der Waals surface area contributed by atoms with E-state index in [4.69, 9.17) is 15.2 Å². The first kappa shape index (κ1) is 22.4.